The van der Waals surface area contributed by atoms with Gasteiger partial charge in [-0.25, -0.2) is 0 Å². The first-order chi connectivity index (χ1) is 13.0. The summed E-state index contributed by atoms with van der Waals surface area (Å²) in [7, 11) is 0. The molecule has 1 aromatic heterocycles. The van der Waals surface area contributed by atoms with Crippen LogP contribution < -0.4 is 10.1 Å². The monoisotopic (exact) mass is 444 g/mol. The molecular weight excluding hydrogens is 428 g/mol. The standard InChI is InChI=1S/C21H18BrClN2O2/c1-14(25-21(26)19-12-16(22)8-9-20(19)23)15-5-4-7-18(11-15)27-13-17-6-2-3-10-24-17/h2-12,14H,13H2,1H3,(H,25,26). The normalized spacial score (nSPS) is 11.7. The molecule has 27 heavy (non-hydrogen) atoms. The van der Waals surface area contributed by atoms with Crippen LogP contribution in [0.2, 0.25) is 5.02 Å². The van der Waals surface area contributed by atoms with E-state index in [0.717, 1.165) is 21.5 Å². The van der Waals surface area contributed by atoms with Crippen molar-refractivity contribution < 1.29 is 9.53 Å². The minimum Gasteiger partial charge on any atom is -0.487 e. The summed E-state index contributed by atoms with van der Waals surface area (Å²) in [6.07, 6.45) is 1.74. The van der Waals surface area contributed by atoms with E-state index in [9.17, 15) is 4.79 Å². The van der Waals surface area contributed by atoms with E-state index in [1.54, 1.807) is 24.4 Å². The second-order valence-corrected chi connectivity index (χ2v) is 7.32. The number of rotatable bonds is 6. The zero-order valence-electron chi connectivity index (χ0n) is 14.7. The fraction of sp³-hybridized carbons (Fsp3) is 0.143. The number of carbonyl (C=O) groups is 1. The number of nitrogens with one attached hydrogen (secondary N) is 1. The molecule has 0 aliphatic heterocycles. The van der Waals surface area contributed by atoms with Gasteiger partial charge >= 0.3 is 0 Å². The van der Waals surface area contributed by atoms with Crippen molar-refractivity contribution in [1.82, 2.24) is 10.3 Å². The molecule has 1 heterocycles. The average molecular weight is 446 g/mol. The maximum absolute atomic E-state index is 12.5. The Balaban J connectivity index is 1.67. The number of halogens is 2. The number of benzene rings is 2. The van der Waals surface area contributed by atoms with Gasteiger partial charge < -0.3 is 10.1 Å². The summed E-state index contributed by atoms with van der Waals surface area (Å²) in [6.45, 7) is 2.31. The van der Waals surface area contributed by atoms with Gasteiger partial charge in [0.05, 0.1) is 22.3 Å². The first-order valence-corrected chi connectivity index (χ1v) is 9.58. The van der Waals surface area contributed by atoms with Crippen LogP contribution in [0.1, 0.15) is 34.6 Å². The SMILES string of the molecule is CC(NC(=O)c1cc(Br)ccc1Cl)c1cccc(OCc2ccccn2)c1. The molecule has 3 aromatic rings. The lowest BCUT2D eigenvalue weighted by molar-refractivity contribution is 0.0940. The van der Waals surface area contributed by atoms with Crippen LogP contribution in [-0.4, -0.2) is 10.9 Å². The van der Waals surface area contributed by atoms with E-state index in [1.807, 2.05) is 49.4 Å². The molecule has 6 heteroatoms. The zero-order valence-corrected chi connectivity index (χ0v) is 17.0. The van der Waals surface area contributed by atoms with Crippen molar-refractivity contribution in [1.29, 1.82) is 0 Å². The number of nitrogens with zero attached hydrogens (tertiary/aromatic N) is 1. The van der Waals surface area contributed by atoms with Gasteiger partial charge in [0.15, 0.2) is 0 Å². The summed E-state index contributed by atoms with van der Waals surface area (Å²) in [4.78, 5) is 16.8. The van der Waals surface area contributed by atoms with E-state index in [0.29, 0.717) is 17.2 Å². The molecule has 1 amide bonds. The van der Waals surface area contributed by atoms with Crippen LogP contribution in [-0.2, 0) is 6.61 Å². The van der Waals surface area contributed by atoms with Crippen LogP contribution in [0.4, 0.5) is 0 Å². The highest BCUT2D eigenvalue weighted by Crippen LogP contribution is 2.23. The van der Waals surface area contributed by atoms with Gasteiger partial charge in [-0.15, -0.1) is 0 Å². The fourth-order valence-electron chi connectivity index (χ4n) is 2.54. The highest BCUT2D eigenvalue weighted by molar-refractivity contribution is 9.10. The third kappa shape index (κ3) is 5.31. The Morgan fingerprint density at radius 1 is 1.19 bits per heavy atom. The molecule has 0 saturated carbocycles. The fourth-order valence-corrected chi connectivity index (χ4v) is 3.11. The van der Waals surface area contributed by atoms with Gasteiger partial charge in [0.25, 0.3) is 5.91 Å². The number of hydrogen-bond acceptors (Lipinski definition) is 3. The number of ether oxygens (including phenoxy) is 1. The van der Waals surface area contributed by atoms with E-state index in [4.69, 9.17) is 16.3 Å². The van der Waals surface area contributed by atoms with Crippen LogP contribution in [0.3, 0.4) is 0 Å². The third-order valence-corrected chi connectivity index (χ3v) is 4.81. The molecule has 2 aromatic carbocycles. The predicted octanol–water partition coefficient (Wildman–Crippen LogP) is 5.57. The Labute approximate surface area is 171 Å². The first kappa shape index (κ1) is 19.4. The summed E-state index contributed by atoms with van der Waals surface area (Å²) in [6, 6.07) is 18.3. The second kappa shape index (κ2) is 9.02. The van der Waals surface area contributed by atoms with Crippen molar-refractivity contribution in [2.75, 3.05) is 0 Å². The topological polar surface area (TPSA) is 51.2 Å². The van der Waals surface area contributed by atoms with Crippen molar-refractivity contribution in [3.8, 4) is 5.75 Å². The van der Waals surface area contributed by atoms with Gasteiger partial charge in [-0.05, 0) is 55.0 Å². The van der Waals surface area contributed by atoms with Gasteiger partial charge in [-0.3, -0.25) is 9.78 Å². The number of pyridine rings is 1. The maximum atomic E-state index is 12.5. The Kier molecular flexibility index (Phi) is 6.48. The van der Waals surface area contributed by atoms with E-state index < -0.39 is 0 Å². The molecule has 1 unspecified atom stereocenters. The van der Waals surface area contributed by atoms with Gasteiger partial charge in [0.2, 0.25) is 0 Å². The molecule has 0 aliphatic rings. The first-order valence-electron chi connectivity index (χ1n) is 8.41. The minimum atomic E-state index is -0.228. The Morgan fingerprint density at radius 3 is 2.81 bits per heavy atom. The Hall–Kier alpha value is -2.37. The lowest BCUT2D eigenvalue weighted by Gasteiger charge is -2.16. The summed E-state index contributed by atoms with van der Waals surface area (Å²) >= 11 is 9.50. The van der Waals surface area contributed by atoms with E-state index >= 15 is 0 Å². The van der Waals surface area contributed by atoms with E-state index in [2.05, 4.69) is 26.2 Å². The molecule has 0 saturated heterocycles. The molecular formula is C21H18BrClN2O2. The van der Waals surface area contributed by atoms with Crippen molar-refractivity contribution in [3.05, 3.63) is 93.2 Å². The van der Waals surface area contributed by atoms with Crippen LogP contribution in [0.25, 0.3) is 0 Å². The number of amides is 1. The van der Waals surface area contributed by atoms with Gasteiger partial charge in [-0.1, -0.05) is 45.7 Å². The van der Waals surface area contributed by atoms with Crippen molar-refractivity contribution in [2.24, 2.45) is 0 Å². The van der Waals surface area contributed by atoms with Crippen LogP contribution in [0.5, 0.6) is 5.75 Å². The molecule has 0 radical (unpaired) electrons. The molecule has 0 bridgehead atoms. The number of hydrogen-bond donors (Lipinski definition) is 1. The summed E-state index contributed by atoms with van der Waals surface area (Å²) < 4.78 is 6.61. The van der Waals surface area contributed by atoms with Crippen molar-refractivity contribution in [3.63, 3.8) is 0 Å². The lowest BCUT2D eigenvalue weighted by Crippen LogP contribution is -2.26. The van der Waals surface area contributed by atoms with Crippen LogP contribution in [0, 0.1) is 0 Å². The van der Waals surface area contributed by atoms with Crippen molar-refractivity contribution in [2.45, 2.75) is 19.6 Å². The minimum absolute atomic E-state index is 0.203. The lowest BCUT2D eigenvalue weighted by atomic mass is 10.1. The Bertz CT molecular complexity index is 934. The number of aromatic nitrogens is 1. The smallest absolute Gasteiger partial charge is 0.253 e. The molecule has 0 fully saturated rings. The molecule has 0 spiro atoms. The van der Waals surface area contributed by atoms with E-state index in [-0.39, 0.29) is 11.9 Å². The molecule has 0 aliphatic carbocycles. The zero-order chi connectivity index (χ0) is 19.2. The molecule has 1 atom stereocenters. The molecule has 4 nitrogen and oxygen atoms in total. The predicted molar refractivity (Wildman–Crippen MR) is 110 cm³/mol. The van der Waals surface area contributed by atoms with Crippen LogP contribution >= 0.6 is 27.5 Å². The highest BCUT2D eigenvalue weighted by atomic mass is 79.9. The molecule has 1 N–H and O–H groups in total. The van der Waals surface area contributed by atoms with Gasteiger partial charge in [0.1, 0.15) is 12.4 Å². The average Bonchev–Trinajstić information content (AvgIpc) is 2.69. The van der Waals surface area contributed by atoms with Crippen molar-refractivity contribution >= 4 is 33.4 Å². The van der Waals surface area contributed by atoms with Crippen LogP contribution in [0.15, 0.2) is 71.3 Å². The summed E-state index contributed by atoms with van der Waals surface area (Å²) in [5.41, 5.74) is 2.22. The van der Waals surface area contributed by atoms with Gasteiger partial charge in [-0.2, -0.15) is 0 Å². The number of carbonyl (C=O) groups excluding carboxylic acids is 1. The third-order valence-electron chi connectivity index (χ3n) is 3.99. The van der Waals surface area contributed by atoms with Gasteiger partial charge in [0, 0.05) is 10.7 Å². The summed E-state index contributed by atoms with van der Waals surface area (Å²) in [5, 5.41) is 3.38. The Morgan fingerprint density at radius 2 is 2.04 bits per heavy atom. The highest BCUT2D eigenvalue weighted by Gasteiger charge is 2.15. The van der Waals surface area contributed by atoms with E-state index in [1.165, 1.54) is 0 Å². The molecule has 3 rings (SSSR count). The quantitative estimate of drug-likeness (QED) is 0.540. The molecule has 138 valence electrons. The largest absolute Gasteiger partial charge is 0.487 e. The maximum Gasteiger partial charge on any atom is 0.253 e. The summed E-state index contributed by atoms with van der Waals surface area (Å²) in [5.74, 6) is 0.494. The second-order valence-electron chi connectivity index (χ2n) is 6.00.